The van der Waals surface area contributed by atoms with Gasteiger partial charge in [-0.1, -0.05) is 19.4 Å². The summed E-state index contributed by atoms with van der Waals surface area (Å²) in [5.41, 5.74) is 9.51. The first-order chi connectivity index (χ1) is 10.2. The van der Waals surface area contributed by atoms with Crippen molar-refractivity contribution in [3.05, 3.63) is 29.6 Å². The van der Waals surface area contributed by atoms with Crippen LogP contribution in [0.4, 0.5) is 0 Å². The standard InChI is InChI=1S/C18H27N3/c1-3-14(10-11-19)5-9-18-20-16-12-13(2)4-8-17(16)21(18)15-6-7-15/h4,8,12,14-15H,3,5-7,9-11,19H2,1-2H3. The molecule has 0 aliphatic heterocycles. The second-order valence-electron chi connectivity index (χ2n) is 6.51. The first-order valence-electron chi connectivity index (χ1n) is 8.40. The Balaban J connectivity index is 1.85. The van der Waals surface area contributed by atoms with Crippen LogP contribution in [-0.2, 0) is 6.42 Å². The van der Waals surface area contributed by atoms with E-state index in [0.717, 1.165) is 25.3 Å². The predicted octanol–water partition coefficient (Wildman–Crippen LogP) is 3.99. The smallest absolute Gasteiger partial charge is 0.110 e. The van der Waals surface area contributed by atoms with Gasteiger partial charge in [0.05, 0.1) is 11.0 Å². The molecule has 1 unspecified atom stereocenters. The fourth-order valence-electron chi connectivity index (χ4n) is 3.30. The van der Waals surface area contributed by atoms with Crippen molar-refractivity contribution in [3.63, 3.8) is 0 Å². The molecule has 1 aliphatic rings. The SMILES string of the molecule is CCC(CCN)CCc1nc2cc(C)ccc2n1C1CC1. The quantitative estimate of drug-likeness (QED) is 0.836. The largest absolute Gasteiger partial charge is 0.330 e. The molecule has 1 aromatic carbocycles. The second kappa shape index (κ2) is 6.18. The lowest BCUT2D eigenvalue weighted by Crippen LogP contribution is -2.10. The molecule has 3 heteroatoms. The number of benzene rings is 1. The van der Waals surface area contributed by atoms with Gasteiger partial charge in [-0.3, -0.25) is 0 Å². The van der Waals surface area contributed by atoms with Gasteiger partial charge in [0.2, 0.25) is 0 Å². The lowest BCUT2D eigenvalue weighted by atomic mass is 9.96. The van der Waals surface area contributed by atoms with E-state index in [-0.39, 0.29) is 0 Å². The lowest BCUT2D eigenvalue weighted by molar-refractivity contribution is 0.435. The van der Waals surface area contributed by atoms with E-state index in [9.17, 15) is 0 Å². The summed E-state index contributed by atoms with van der Waals surface area (Å²) in [6, 6.07) is 7.36. The molecule has 1 heterocycles. The fraction of sp³-hybridized carbons (Fsp3) is 0.611. The molecule has 0 radical (unpaired) electrons. The monoisotopic (exact) mass is 285 g/mol. The van der Waals surface area contributed by atoms with Crippen LogP contribution < -0.4 is 5.73 Å². The number of nitrogens with zero attached hydrogens (tertiary/aromatic N) is 2. The van der Waals surface area contributed by atoms with Crippen LogP contribution in [0.3, 0.4) is 0 Å². The van der Waals surface area contributed by atoms with Crippen molar-refractivity contribution in [2.75, 3.05) is 6.54 Å². The number of nitrogens with two attached hydrogens (primary N) is 1. The van der Waals surface area contributed by atoms with E-state index in [1.54, 1.807) is 0 Å². The zero-order chi connectivity index (χ0) is 14.8. The Morgan fingerprint density at radius 2 is 2.14 bits per heavy atom. The summed E-state index contributed by atoms with van der Waals surface area (Å²) >= 11 is 0. The number of aryl methyl sites for hydroxylation is 2. The Morgan fingerprint density at radius 1 is 1.33 bits per heavy atom. The minimum absolute atomic E-state index is 0.697. The van der Waals surface area contributed by atoms with Crippen LogP contribution >= 0.6 is 0 Å². The summed E-state index contributed by atoms with van der Waals surface area (Å²) in [6.45, 7) is 5.22. The van der Waals surface area contributed by atoms with Crippen molar-refractivity contribution >= 4 is 11.0 Å². The number of rotatable bonds is 7. The number of aromatic nitrogens is 2. The molecule has 1 aromatic heterocycles. The van der Waals surface area contributed by atoms with Gasteiger partial charge in [0.1, 0.15) is 5.82 Å². The normalized spacial score (nSPS) is 16.5. The third kappa shape index (κ3) is 3.13. The molecule has 3 rings (SSSR count). The Labute approximate surface area is 127 Å². The number of imidazole rings is 1. The van der Waals surface area contributed by atoms with Gasteiger partial charge in [-0.15, -0.1) is 0 Å². The molecule has 2 N–H and O–H groups in total. The summed E-state index contributed by atoms with van der Waals surface area (Å²) in [5, 5.41) is 0. The topological polar surface area (TPSA) is 43.8 Å². The van der Waals surface area contributed by atoms with Gasteiger partial charge in [0, 0.05) is 12.5 Å². The molecule has 114 valence electrons. The third-order valence-electron chi connectivity index (χ3n) is 4.76. The second-order valence-corrected chi connectivity index (χ2v) is 6.51. The highest BCUT2D eigenvalue weighted by Gasteiger charge is 2.28. The van der Waals surface area contributed by atoms with Crippen molar-refractivity contribution in [1.82, 2.24) is 9.55 Å². The van der Waals surface area contributed by atoms with Crippen molar-refractivity contribution in [3.8, 4) is 0 Å². The molecule has 1 saturated carbocycles. The van der Waals surface area contributed by atoms with E-state index in [0.29, 0.717) is 6.04 Å². The van der Waals surface area contributed by atoms with Gasteiger partial charge < -0.3 is 10.3 Å². The Morgan fingerprint density at radius 3 is 2.81 bits per heavy atom. The third-order valence-corrected chi connectivity index (χ3v) is 4.76. The van der Waals surface area contributed by atoms with Gasteiger partial charge in [-0.05, 0) is 62.8 Å². The van der Waals surface area contributed by atoms with E-state index >= 15 is 0 Å². The van der Waals surface area contributed by atoms with E-state index in [1.807, 2.05) is 0 Å². The van der Waals surface area contributed by atoms with Crippen molar-refractivity contribution in [2.24, 2.45) is 11.7 Å². The first-order valence-corrected chi connectivity index (χ1v) is 8.40. The van der Waals surface area contributed by atoms with E-state index in [4.69, 9.17) is 10.7 Å². The molecule has 2 aromatic rings. The van der Waals surface area contributed by atoms with Crippen LogP contribution in [0.2, 0.25) is 0 Å². The molecule has 0 spiro atoms. The van der Waals surface area contributed by atoms with Crippen LogP contribution in [0.1, 0.15) is 56.5 Å². The average molecular weight is 285 g/mol. The maximum atomic E-state index is 5.72. The molecule has 0 amide bonds. The first kappa shape index (κ1) is 14.6. The van der Waals surface area contributed by atoms with Gasteiger partial charge in [-0.2, -0.15) is 0 Å². The maximum Gasteiger partial charge on any atom is 0.110 e. The van der Waals surface area contributed by atoms with Gasteiger partial charge in [0.25, 0.3) is 0 Å². The van der Waals surface area contributed by atoms with E-state index in [1.165, 1.54) is 48.1 Å². The molecule has 1 atom stereocenters. The maximum absolute atomic E-state index is 5.72. The van der Waals surface area contributed by atoms with Crippen LogP contribution in [0, 0.1) is 12.8 Å². The molecule has 3 nitrogen and oxygen atoms in total. The number of fused-ring (bicyclic) bond motifs is 1. The minimum atomic E-state index is 0.697. The van der Waals surface area contributed by atoms with Crippen LogP contribution in [0.25, 0.3) is 11.0 Å². The average Bonchev–Trinajstić information content (AvgIpc) is 3.24. The predicted molar refractivity (Wildman–Crippen MR) is 88.5 cm³/mol. The highest BCUT2D eigenvalue weighted by Crippen LogP contribution is 2.39. The molecule has 0 saturated heterocycles. The molecule has 1 aliphatic carbocycles. The van der Waals surface area contributed by atoms with Gasteiger partial charge in [0.15, 0.2) is 0 Å². The highest BCUT2D eigenvalue weighted by atomic mass is 15.1. The zero-order valence-electron chi connectivity index (χ0n) is 13.3. The van der Waals surface area contributed by atoms with E-state index in [2.05, 4.69) is 36.6 Å². The fourth-order valence-corrected chi connectivity index (χ4v) is 3.30. The van der Waals surface area contributed by atoms with Gasteiger partial charge in [-0.25, -0.2) is 4.98 Å². The summed E-state index contributed by atoms with van der Waals surface area (Å²) in [6.07, 6.45) is 7.28. The molecule has 0 bridgehead atoms. The minimum Gasteiger partial charge on any atom is -0.330 e. The summed E-state index contributed by atoms with van der Waals surface area (Å²) < 4.78 is 2.50. The number of hydrogen-bond acceptors (Lipinski definition) is 2. The highest BCUT2D eigenvalue weighted by molar-refractivity contribution is 5.77. The Hall–Kier alpha value is -1.35. The van der Waals surface area contributed by atoms with Crippen molar-refractivity contribution in [1.29, 1.82) is 0 Å². The Bertz CT molecular complexity index is 610. The van der Waals surface area contributed by atoms with Crippen LogP contribution in [0.15, 0.2) is 18.2 Å². The van der Waals surface area contributed by atoms with Gasteiger partial charge >= 0.3 is 0 Å². The van der Waals surface area contributed by atoms with Crippen LogP contribution in [0.5, 0.6) is 0 Å². The lowest BCUT2D eigenvalue weighted by Gasteiger charge is -2.14. The summed E-state index contributed by atoms with van der Waals surface area (Å²) in [5.74, 6) is 2.03. The van der Waals surface area contributed by atoms with Crippen LogP contribution in [-0.4, -0.2) is 16.1 Å². The molecule has 1 fully saturated rings. The Kier molecular flexibility index (Phi) is 4.29. The van der Waals surface area contributed by atoms with Crippen molar-refractivity contribution in [2.45, 2.75) is 58.4 Å². The molecular weight excluding hydrogens is 258 g/mol. The van der Waals surface area contributed by atoms with E-state index < -0.39 is 0 Å². The summed E-state index contributed by atoms with van der Waals surface area (Å²) in [4.78, 5) is 4.93. The summed E-state index contributed by atoms with van der Waals surface area (Å²) in [7, 11) is 0. The molecular formula is C18H27N3. The zero-order valence-corrected chi connectivity index (χ0v) is 13.3. The van der Waals surface area contributed by atoms with Crippen molar-refractivity contribution < 1.29 is 0 Å². The molecule has 21 heavy (non-hydrogen) atoms. The number of hydrogen-bond donors (Lipinski definition) is 1.